The van der Waals surface area contributed by atoms with E-state index in [2.05, 4.69) is 5.10 Å². The van der Waals surface area contributed by atoms with Crippen molar-refractivity contribution >= 4 is 11.8 Å². The second-order valence-electron chi connectivity index (χ2n) is 6.48. The molecular formula is C18H21FN4O2. The van der Waals surface area contributed by atoms with Crippen molar-refractivity contribution in [3.63, 3.8) is 0 Å². The first-order valence-electron chi connectivity index (χ1n) is 8.21. The summed E-state index contributed by atoms with van der Waals surface area (Å²) in [6.07, 6.45) is 4.36. The highest BCUT2D eigenvalue weighted by Gasteiger charge is 2.45. The predicted molar refractivity (Wildman–Crippen MR) is 90.4 cm³/mol. The van der Waals surface area contributed by atoms with Gasteiger partial charge in [-0.1, -0.05) is 6.07 Å². The molecule has 1 aliphatic heterocycles. The number of amides is 2. The second-order valence-corrected chi connectivity index (χ2v) is 6.48. The highest BCUT2D eigenvalue weighted by atomic mass is 19.1. The highest BCUT2D eigenvalue weighted by Crippen LogP contribution is 2.32. The third kappa shape index (κ3) is 3.14. The van der Waals surface area contributed by atoms with Crippen molar-refractivity contribution in [3.05, 3.63) is 54.1 Å². The highest BCUT2D eigenvalue weighted by molar-refractivity contribution is 5.94. The molecule has 1 fully saturated rings. The molecule has 0 atom stereocenters. The van der Waals surface area contributed by atoms with Crippen LogP contribution in [0.2, 0.25) is 0 Å². The smallest absolute Gasteiger partial charge is 0.253 e. The number of rotatable bonds is 3. The topological polar surface area (TPSA) is 58.4 Å². The van der Waals surface area contributed by atoms with Crippen LogP contribution in [0.5, 0.6) is 0 Å². The van der Waals surface area contributed by atoms with Gasteiger partial charge in [0.2, 0.25) is 5.91 Å². The molecule has 3 rings (SSSR count). The lowest BCUT2D eigenvalue weighted by molar-refractivity contribution is -0.141. The molecule has 1 saturated heterocycles. The standard InChI is InChI=1S/C18H21FN4O2/c1-21(2)17(25)18(23-10-4-9-20-23)7-11-22(12-8-18)16(24)14-5-3-6-15(19)13-14/h3-6,9-10,13H,7-8,11-12H2,1-2H3. The molecule has 0 unspecified atom stereocenters. The normalized spacial score (nSPS) is 16.5. The average Bonchev–Trinajstić information content (AvgIpc) is 3.15. The van der Waals surface area contributed by atoms with Crippen LogP contribution in [0.4, 0.5) is 4.39 Å². The Balaban J connectivity index is 1.81. The van der Waals surface area contributed by atoms with Gasteiger partial charge in [-0.3, -0.25) is 14.3 Å². The second kappa shape index (κ2) is 6.66. The molecule has 0 N–H and O–H groups in total. The van der Waals surface area contributed by atoms with Gasteiger partial charge < -0.3 is 9.80 Å². The lowest BCUT2D eigenvalue weighted by Crippen LogP contribution is -2.55. The van der Waals surface area contributed by atoms with E-state index in [1.807, 2.05) is 0 Å². The van der Waals surface area contributed by atoms with Gasteiger partial charge in [0.25, 0.3) is 5.91 Å². The molecule has 2 heterocycles. The van der Waals surface area contributed by atoms with Gasteiger partial charge >= 0.3 is 0 Å². The molecule has 7 heteroatoms. The van der Waals surface area contributed by atoms with Gasteiger partial charge in [-0.15, -0.1) is 0 Å². The molecule has 0 radical (unpaired) electrons. The molecular weight excluding hydrogens is 323 g/mol. The van der Waals surface area contributed by atoms with Crippen LogP contribution in [0.1, 0.15) is 23.2 Å². The van der Waals surface area contributed by atoms with E-state index in [9.17, 15) is 14.0 Å². The largest absolute Gasteiger partial charge is 0.347 e. The molecule has 0 saturated carbocycles. The molecule has 1 aliphatic rings. The maximum Gasteiger partial charge on any atom is 0.253 e. The number of halogens is 1. The Labute approximate surface area is 145 Å². The molecule has 1 aromatic heterocycles. The Bertz CT molecular complexity index is 765. The number of benzene rings is 1. The lowest BCUT2D eigenvalue weighted by Gasteiger charge is -2.42. The summed E-state index contributed by atoms with van der Waals surface area (Å²) < 4.78 is 15.1. The van der Waals surface area contributed by atoms with E-state index in [0.717, 1.165) is 0 Å². The van der Waals surface area contributed by atoms with E-state index >= 15 is 0 Å². The Hall–Kier alpha value is -2.70. The van der Waals surface area contributed by atoms with Gasteiger partial charge in [0.15, 0.2) is 0 Å². The van der Waals surface area contributed by atoms with E-state index < -0.39 is 11.4 Å². The van der Waals surface area contributed by atoms with Gasteiger partial charge in [0.1, 0.15) is 11.4 Å². The van der Waals surface area contributed by atoms with Crippen LogP contribution in [0.3, 0.4) is 0 Å². The number of nitrogens with zero attached hydrogens (tertiary/aromatic N) is 4. The number of aromatic nitrogens is 2. The lowest BCUT2D eigenvalue weighted by atomic mass is 9.86. The summed E-state index contributed by atoms with van der Waals surface area (Å²) in [6, 6.07) is 7.46. The monoisotopic (exact) mass is 344 g/mol. The quantitative estimate of drug-likeness (QED) is 0.852. The zero-order valence-electron chi connectivity index (χ0n) is 14.4. The fourth-order valence-corrected chi connectivity index (χ4v) is 3.36. The van der Waals surface area contributed by atoms with Crippen molar-refractivity contribution < 1.29 is 14.0 Å². The number of likely N-dealkylation sites (tertiary alicyclic amines) is 1. The number of hydrogen-bond donors (Lipinski definition) is 0. The Morgan fingerprint density at radius 1 is 1.20 bits per heavy atom. The average molecular weight is 344 g/mol. The molecule has 0 bridgehead atoms. The summed E-state index contributed by atoms with van der Waals surface area (Å²) in [4.78, 5) is 28.6. The van der Waals surface area contributed by atoms with Crippen LogP contribution in [0.25, 0.3) is 0 Å². The fraction of sp³-hybridized carbons (Fsp3) is 0.389. The van der Waals surface area contributed by atoms with Crippen LogP contribution in [-0.2, 0) is 10.3 Å². The molecule has 6 nitrogen and oxygen atoms in total. The fourth-order valence-electron chi connectivity index (χ4n) is 3.36. The zero-order valence-corrected chi connectivity index (χ0v) is 14.4. The molecule has 25 heavy (non-hydrogen) atoms. The SMILES string of the molecule is CN(C)C(=O)C1(n2cccn2)CCN(C(=O)c2cccc(F)c2)CC1. The van der Waals surface area contributed by atoms with Crippen molar-refractivity contribution in [2.75, 3.05) is 27.2 Å². The zero-order chi connectivity index (χ0) is 18.0. The summed E-state index contributed by atoms with van der Waals surface area (Å²) >= 11 is 0. The number of carbonyl (C=O) groups is 2. The minimum atomic E-state index is -0.786. The van der Waals surface area contributed by atoms with Crippen molar-refractivity contribution in [1.82, 2.24) is 19.6 Å². The van der Waals surface area contributed by atoms with Crippen LogP contribution in [0, 0.1) is 5.82 Å². The van der Waals surface area contributed by atoms with Gasteiger partial charge in [-0.05, 0) is 37.1 Å². The number of piperidine rings is 1. The van der Waals surface area contributed by atoms with E-state index in [4.69, 9.17) is 0 Å². The summed E-state index contributed by atoms with van der Waals surface area (Å²) in [7, 11) is 3.44. The van der Waals surface area contributed by atoms with Crippen LogP contribution < -0.4 is 0 Å². The van der Waals surface area contributed by atoms with Crippen LogP contribution in [-0.4, -0.2) is 58.6 Å². The van der Waals surface area contributed by atoms with E-state index in [1.54, 1.807) is 53.1 Å². The first kappa shape index (κ1) is 17.1. The van der Waals surface area contributed by atoms with Crippen molar-refractivity contribution in [3.8, 4) is 0 Å². The van der Waals surface area contributed by atoms with Gasteiger partial charge in [-0.2, -0.15) is 5.10 Å². The summed E-state index contributed by atoms with van der Waals surface area (Å²) in [6.45, 7) is 0.823. The Kier molecular flexibility index (Phi) is 4.57. The molecule has 0 spiro atoms. The first-order chi connectivity index (χ1) is 11.9. The summed E-state index contributed by atoms with van der Waals surface area (Å²) in [5.74, 6) is -0.684. The van der Waals surface area contributed by atoms with E-state index in [1.165, 1.54) is 18.2 Å². The molecule has 132 valence electrons. The molecule has 2 amide bonds. The number of carbonyl (C=O) groups excluding carboxylic acids is 2. The van der Waals surface area contributed by atoms with Gasteiger partial charge in [0.05, 0.1) is 0 Å². The molecule has 0 aliphatic carbocycles. The Morgan fingerprint density at radius 2 is 1.92 bits per heavy atom. The predicted octanol–water partition coefficient (Wildman–Crippen LogP) is 1.74. The minimum Gasteiger partial charge on any atom is -0.347 e. The minimum absolute atomic E-state index is 0.0333. The third-order valence-corrected chi connectivity index (χ3v) is 4.70. The van der Waals surface area contributed by atoms with Crippen molar-refractivity contribution in [2.24, 2.45) is 0 Å². The molecule has 2 aromatic rings. The maximum absolute atomic E-state index is 13.4. The third-order valence-electron chi connectivity index (χ3n) is 4.70. The Morgan fingerprint density at radius 3 is 2.48 bits per heavy atom. The number of hydrogen-bond acceptors (Lipinski definition) is 3. The van der Waals surface area contributed by atoms with Crippen molar-refractivity contribution in [2.45, 2.75) is 18.4 Å². The first-order valence-corrected chi connectivity index (χ1v) is 8.21. The van der Waals surface area contributed by atoms with Crippen LogP contribution >= 0.6 is 0 Å². The van der Waals surface area contributed by atoms with Crippen molar-refractivity contribution in [1.29, 1.82) is 0 Å². The van der Waals surface area contributed by atoms with E-state index in [-0.39, 0.29) is 11.8 Å². The van der Waals surface area contributed by atoms with Gasteiger partial charge in [0, 0.05) is 45.1 Å². The molecule has 1 aromatic carbocycles. The van der Waals surface area contributed by atoms with Gasteiger partial charge in [-0.25, -0.2) is 4.39 Å². The van der Waals surface area contributed by atoms with Crippen LogP contribution in [0.15, 0.2) is 42.7 Å². The number of likely N-dealkylation sites (N-methyl/N-ethyl adjacent to an activating group) is 1. The summed E-state index contributed by atoms with van der Waals surface area (Å²) in [5.41, 5.74) is -0.461. The summed E-state index contributed by atoms with van der Waals surface area (Å²) in [5, 5.41) is 4.27. The van der Waals surface area contributed by atoms with E-state index in [0.29, 0.717) is 31.5 Å². The maximum atomic E-state index is 13.4.